The topological polar surface area (TPSA) is 15.3 Å². The van der Waals surface area contributed by atoms with E-state index < -0.39 is 0 Å². The van der Waals surface area contributed by atoms with Crippen LogP contribution in [-0.2, 0) is 0 Å². The maximum Gasteiger partial charge on any atom is 0.0303 e. The number of rotatable bonds is 4. The van der Waals surface area contributed by atoms with Crippen molar-refractivity contribution in [2.45, 2.75) is 25.8 Å². The highest BCUT2D eigenvalue weighted by atomic mass is 79.9. The minimum absolute atomic E-state index is 0.391. The van der Waals surface area contributed by atoms with E-state index in [1.165, 1.54) is 36.0 Å². The van der Waals surface area contributed by atoms with Crippen LogP contribution in [-0.4, -0.2) is 31.6 Å². The highest BCUT2D eigenvalue weighted by molar-refractivity contribution is 9.11. The largest absolute Gasteiger partial charge is 0.310 e. The zero-order valence-corrected chi connectivity index (χ0v) is 14.8. The van der Waals surface area contributed by atoms with E-state index in [9.17, 15) is 0 Å². The predicted octanol–water partition coefficient (Wildman–Crippen LogP) is 4.20. The normalized spacial score (nSPS) is 19.6. The van der Waals surface area contributed by atoms with E-state index >= 15 is 0 Å². The standard InChI is InChI=1S/C15H22Br2N2/c1-11(14-4-3-13(16)9-15(14)17)18-10-12-5-7-19(2)8-6-12/h3-4,9,11-12,18H,5-8,10H2,1-2H3. The summed E-state index contributed by atoms with van der Waals surface area (Å²) in [6.45, 7) is 5.84. The van der Waals surface area contributed by atoms with Crippen LogP contribution in [0.2, 0.25) is 0 Å². The molecule has 19 heavy (non-hydrogen) atoms. The van der Waals surface area contributed by atoms with Gasteiger partial charge < -0.3 is 10.2 Å². The molecule has 4 heteroatoms. The number of hydrogen-bond acceptors (Lipinski definition) is 2. The van der Waals surface area contributed by atoms with Crippen LogP contribution in [0.3, 0.4) is 0 Å². The van der Waals surface area contributed by atoms with Gasteiger partial charge in [-0.2, -0.15) is 0 Å². The molecule has 0 bridgehead atoms. The van der Waals surface area contributed by atoms with Gasteiger partial charge in [-0.25, -0.2) is 0 Å². The van der Waals surface area contributed by atoms with Crippen LogP contribution < -0.4 is 5.32 Å². The van der Waals surface area contributed by atoms with E-state index in [4.69, 9.17) is 0 Å². The van der Waals surface area contributed by atoms with Crippen molar-refractivity contribution in [2.75, 3.05) is 26.7 Å². The molecule has 2 rings (SSSR count). The van der Waals surface area contributed by atoms with Crippen LogP contribution in [0, 0.1) is 5.92 Å². The smallest absolute Gasteiger partial charge is 0.0303 e. The van der Waals surface area contributed by atoms with Gasteiger partial charge in [-0.1, -0.05) is 37.9 Å². The quantitative estimate of drug-likeness (QED) is 0.829. The second-order valence-electron chi connectivity index (χ2n) is 5.54. The van der Waals surface area contributed by atoms with Crippen molar-refractivity contribution in [2.24, 2.45) is 5.92 Å². The van der Waals surface area contributed by atoms with Gasteiger partial charge in [-0.15, -0.1) is 0 Å². The first-order valence-electron chi connectivity index (χ1n) is 6.93. The predicted molar refractivity (Wildman–Crippen MR) is 88.5 cm³/mol. The van der Waals surface area contributed by atoms with E-state index in [0.717, 1.165) is 16.9 Å². The van der Waals surface area contributed by atoms with Crippen LogP contribution in [0.25, 0.3) is 0 Å². The van der Waals surface area contributed by atoms with E-state index in [0.29, 0.717) is 6.04 Å². The first-order valence-corrected chi connectivity index (χ1v) is 8.51. The molecule has 1 aliphatic rings. The monoisotopic (exact) mass is 388 g/mol. The molecule has 0 aliphatic carbocycles. The number of halogens is 2. The van der Waals surface area contributed by atoms with Crippen molar-refractivity contribution in [1.82, 2.24) is 10.2 Å². The molecule has 1 saturated heterocycles. The Bertz CT molecular complexity index is 415. The summed E-state index contributed by atoms with van der Waals surface area (Å²) < 4.78 is 2.29. The average Bonchev–Trinajstić information content (AvgIpc) is 2.37. The first-order chi connectivity index (χ1) is 9.06. The lowest BCUT2D eigenvalue weighted by Crippen LogP contribution is -2.35. The molecule has 2 nitrogen and oxygen atoms in total. The summed E-state index contributed by atoms with van der Waals surface area (Å²) >= 11 is 7.14. The zero-order valence-electron chi connectivity index (χ0n) is 11.6. The summed E-state index contributed by atoms with van der Waals surface area (Å²) in [4.78, 5) is 2.42. The third-order valence-corrected chi connectivity index (χ3v) is 5.16. The fourth-order valence-corrected chi connectivity index (χ4v) is 3.96. The number of nitrogens with one attached hydrogen (secondary N) is 1. The maximum atomic E-state index is 3.68. The minimum atomic E-state index is 0.391. The molecule has 0 saturated carbocycles. The van der Waals surface area contributed by atoms with Gasteiger partial charge in [0, 0.05) is 15.0 Å². The molecular formula is C15H22Br2N2. The highest BCUT2D eigenvalue weighted by Crippen LogP contribution is 2.27. The van der Waals surface area contributed by atoms with E-state index in [-0.39, 0.29) is 0 Å². The van der Waals surface area contributed by atoms with Gasteiger partial charge >= 0.3 is 0 Å². The van der Waals surface area contributed by atoms with Gasteiger partial charge in [0.05, 0.1) is 0 Å². The van der Waals surface area contributed by atoms with E-state index in [1.54, 1.807) is 0 Å². The number of likely N-dealkylation sites (tertiary alicyclic amines) is 1. The lowest BCUT2D eigenvalue weighted by atomic mass is 9.96. The fourth-order valence-electron chi connectivity index (χ4n) is 2.57. The van der Waals surface area contributed by atoms with Crippen molar-refractivity contribution >= 4 is 31.9 Å². The minimum Gasteiger partial charge on any atom is -0.310 e. The number of piperidine rings is 1. The number of benzene rings is 1. The van der Waals surface area contributed by atoms with Crippen LogP contribution in [0.5, 0.6) is 0 Å². The second-order valence-corrected chi connectivity index (χ2v) is 7.31. The van der Waals surface area contributed by atoms with Crippen LogP contribution >= 0.6 is 31.9 Å². The van der Waals surface area contributed by atoms with Crippen molar-refractivity contribution < 1.29 is 0 Å². The Balaban J connectivity index is 1.85. The summed E-state index contributed by atoms with van der Waals surface area (Å²) in [5, 5.41) is 3.68. The van der Waals surface area contributed by atoms with Crippen LogP contribution in [0.4, 0.5) is 0 Å². The molecular weight excluding hydrogens is 368 g/mol. The summed E-state index contributed by atoms with van der Waals surface area (Å²) in [5.74, 6) is 0.827. The molecule has 1 aromatic rings. The van der Waals surface area contributed by atoms with Gasteiger partial charge in [0.2, 0.25) is 0 Å². The summed E-state index contributed by atoms with van der Waals surface area (Å²) in [6, 6.07) is 6.79. The number of nitrogens with zero attached hydrogens (tertiary/aromatic N) is 1. The summed E-state index contributed by atoms with van der Waals surface area (Å²) in [5.41, 5.74) is 1.33. The molecule has 0 spiro atoms. The van der Waals surface area contributed by atoms with Crippen molar-refractivity contribution in [3.05, 3.63) is 32.7 Å². The summed E-state index contributed by atoms with van der Waals surface area (Å²) in [6.07, 6.45) is 2.63. The Morgan fingerprint density at radius 1 is 1.32 bits per heavy atom. The van der Waals surface area contributed by atoms with Crippen molar-refractivity contribution in [1.29, 1.82) is 0 Å². The molecule has 1 unspecified atom stereocenters. The molecule has 106 valence electrons. The molecule has 0 amide bonds. The third-order valence-electron chi connectivity index (χ3n) is 3.98. The molecule has 1 N–H and O–H groups in total. The summed E-state index contributed by atoms with van der Waals surface area (Å²) in [7, 11) is 2.21. The molecule has 1 aromatic carbocycles. The Labute approximate surface area is 133 Å². The zero-order chi connectivity index (χ0) is 13.8. The molecule has 1 fully saturated rings. The Morgan fingerprint density at radius 3 is 2.63 bits per heavy atom. The maximum absolute atomic E-state index is 3.68. The van der Waals surface area contributed by atoms with Crippen molar-refractivity contribution in [3.63, 3.8) is 0 Å². The first kappa shape index (κ1) is 15.5. The molecule has 1 aliphatic heterocycles. The Hall–Kier alpha value is 0.1000. The van der Waals surface area contributed by atoms with E-state index in [2.05, 4.69) is 74.2 Å². The highest BCUT2D eigenvalue weighted by Gasteiger charge is 2.17. The van der Waals surface area contributed by atoms with Gasteiger partial charge in [-0.05, 0) is 70.1 Å². The van der Waals surface area contributed by atoms with Gasteiger partial charge in [0.1, 0.15) is 0 Å². The fraction of sp³-hybridized carbons (Fsp3) is 0.600. The average molecular weight is 390 g/mol. The third kappa shape index (κ3) is 4.55. The van der Waals surface area contributed by atoms with Crippen LogP contribution in [0.1, 0.15) is 31.4 Å². The Morgan fingerprint density at radius 2 is 2.00 bits per heavy atom. The lowest BCUT2D eigenvalue weighted by Gasteiger charge is -2.30. The Kier molecular flexibility index (Phi) is 5.87. The van der Waals surface area contributed by atoms with E-state index in [1.807, 2.05) is 0 Å². The van der Waals surface area contributed by atoms with Crippen LogP contribution in [0.15, 0.2) is 27.1 Å². The van der Waals surface area contributed by atoms with Gasteiger partial charge in [-0.3, -0.25) is 0 Å². The second kappa shape index (κ2) is 7.21. The molecule has 0 radical (unpaired) electrons. The molecule has 1 atom stereocenters. The SMILES string of the molecule is CC(NCC1CCN(C)CC1)c1ccc(Br)cc1Br. The van der Waals surface area contributed by atoms with Gasteiger partial charge in [0.15, 0.2) is 0 Å². The molecule has 1 heterocycles. The van der Waals surface area contributed by atoms with Gasteiger partial charge in [0.25, 0.3) is 0 Å². The lowest BCUT2D eigenvalue weighted by molar-refractivity contribution is 0.213. The number of hydrogen-bond donors (Lipinski definition) is 1. The molecule has 0 aromatic heterocycles. The van der Waals surface area contributed by atoms with Crippen molar-refractivity contribution in [3.8, 4) is 0 Å².